The molecule has 1 aromatic carbocycles. The van der Waals surface area contributed by atoms with E-state index in [2.05, 4.69) is 25.6 Å². The predicted octanol–water partition coefficient (Wildman–Crippen LogP) is 2.74. The minimum Gasteiger partial charge on any atom is -0.365 e. The van der Waals surface area contributed by atoms with E-state index in [-0.39, 0.29) is 11.6 Å². The van der Waals surface area contributed by atoms with Crippen LogP contribution >= 0.6 is 0 Å². The van der Waals surface area contributed by atoms with Crippen molar-refractivity contribution in [2.75, 3.05) is 10.6 Å². The van der Waals surface area contributed by atoms with E-state index in [1.807, 2.05) is 42.5 Å². The Morgan fingerprint density at radius 2 is 1.74 bits per heavy atom. The second-order valence-corrected chi connectivity index (χ2v) is 4.82. The third-order valence-corrected chi connectivity index (χ3v) is 3.14. The van der Waals surface area contributed by atoms with Crippen molar-refractivity contribution < 1.29 is 4.79 Å². The maximum Gasteiger partial charge on any atom is 0.275 e. The van der Waals surface area contributed by atoms with E-state index >= 15 is 0 Å². The van der Waals surface area contributed by atoms with E-state index in [0.717, 1.165) is 11.3 Å². The molecule has 3 aromatic rings. The van der Waals surface area contributed by atoms with Crippen LogP contribution < -0.4 is 10.6 Å². The van der Waals surface area contributed by atoms with Gasteiger partial charge in [-0.05, 0) is 29.8 Å². The van der Waals surface area contributed by atoms with Crippen LogP contribution in [0.25, 0.3) is 0 Å². The number of nitrogens with zero attached hydrogens (tertiary/aromatic N) is 3. The monoisotopic (exact) mass is 305 g/mol. The van der Waals surface area contributed by atoms with Gasteiger partial charge in [0, 0.05) is 24.6 Å². The van der Waals surface area contributed by atoms with E-state index < -0.39 is 0 Å². The molecule has 0 saturated carbocycles. The lowest BCUT2D eigenvalue weighted by Crippen LogP contribution is -2.14. The highest BCUT2D eigenvalue weighted by Crippen LogP contribution is 2.08. The minimum atomic E-state index is -0.288. The van der Waals surface area contributed by atoms with Crippen molar-refractivity contribution in [3.8, 4) is 0 Å². The Labute approximate surface area is 133 Å². The summed E-state index contributed by atoms with van der Waals surface area (Å²) in [6, 6.07) is 13.1. The van der Waals surface area contributed by atoms with Gasteiger partial charge in [-0.1, -0.05) is 18.2 Å². The Kier molecular flexibility index (Phi) is 4.54. The van der Waals surface area contributed by atoms with Gasteiger partial charge in [0.2, 0.25) is 0 Å². The summed E-state index contributed by atoms with van der Waals surface area (Å²) in [6.45, 7) is 0.618. The molecule has 2 heterocycles. The summed E-state index contributed by atoms with van der Waals surface area (Å²) in [5.74, 6) is 0.322. The number of pyridine rings is 1. The highest BCUT2D eigenvalue weighted by Gasteiger charge is 2.08. The molecule has 0 spiro atoms. The standard InChI is InChI=1S/C17H15N5O/c23-17(22-14-4-2-1-3-5-14)15-11-21-16(12-19-15)20-10-13-6-8-18-9-7-13/h1-9,11-12H,10H2,(H,20,21)(H,22,23). The van der Waals surface area contributed by atoms with Gasteiger partial charge in [-0.15, -0.1) is 0 Å². The first kappa shape index (κ1) is 14.6. The fourth-order valence-electron chi connectivity index (χ4n) is 1.95. The molecule has 23 heavy (non-hydrogen) atoms. The van der Waals surface area contributed by atoms with Crippen LogP contribution in [0.15, 0.2) is 67.3 Å². The lowest BCUT2D eigenvalue weighted by Gasteiger charge is -2.07. The van der Waals surface area contributed by atoms with Crippen LogP contribution in [0, 0.1) is 0 Å². The predicted molar refractivity (Wildman–Crippen MR) is 88.0 cm³/mol. The van der Waals surface area contributed by atoms with Crippen molar-refractivity contribution in [2.45, 2.75) is 6.54 Å². The van der Waals surface area contributed by atoms with E-state index in [0.29, 0.717) is 12.4 Å². The van der Waals surface area contributed by atoms with Gasteiger partial charge in [0.1, 0.15) is 11.5 Å². The molecule has 6 heteroatoms. The molecule has 6 nitrogen and oxygen atoms in total. The number of carbonyl (C=O) groups excluding carboxylic acids is 1. The maximum absolute atomic E-state index is 12.1. The maximum atomic E-state index is 12.1. The van der Waals surface area contributed by atoms with Crippen molar-refractivity contribution in [3.63, 3.8) is 0 Å². The molecule has 2 aromatic heterocycles. The first-order valence-corrected chi connectivity index (χ1v) is 7.12. The van der Waals surface area contributed by atoms with Crippen LogP contribution in [0.4, 0.5) is 11.5 Å². The lowest BCUT2D eigenvalue weighted by molar-refractivity contribution is 0.102. The fraction of sp³-hybridized carbons (Fsp3) is 0.0588. The Balaban J connectivity index is 1.59. The summed E-state index contributed by atoms with van der Waals surface area (Å²) in [5.41, 5.74) is 2.08. The van der Waals surface area contributed by atoms with E-state index in [4.69, 9.17) is 0 Å². The highest BCUT2D eigenvalue weighted by molar-refractivity contribution is 6.02. The van der Waals surface area contributed by atoms with Crippen molar-refractivity contribution in [2.24, 2.45) is 0 Å². The second kappa shape index (κ2) is 7.13. The summed E-state index contributed by atoms with van der Waals surface area (Å²) < 4.78 is 0. The Morgan fingerprint density at radius 3 is 2.43 bits per heavy atom. The van der Waals surface area contributed by atoms with Crippen LogP contribution in [-0.2, 0) is 6.54 Å². The average molecular weight is 305 g/mol. The normalized spacial score (nSPS) is 10.1. The number of anilines is 2. The second-order valence-electron chi connectivity index (χ2n) is 4.82. The van der Waals surface area contributed by atoms with Crippen LogP contribution in [0.3, 0.4) is 0 Å². The smallest absolute Gasteiger partial charge is 0.275 e. The third kappa shape index (κ3) is 4.10. The molecule has 0 bridgehead atoms. The first-order chi connectivity index (χ1) is 11.3. The van der Waals surface area contributed by atoms with Gasteiger partial charge in [-0.2, -0.15) is 0 Å². The SMILES string of the molecule is O=C(Nc1ccccc1)c1cnc(NCc2ccncc2)cn1. The molecule has 0 saturated heterocycles. The van der Waals surface area contributed by atoms with Crippen molar-refractivity contribution >= 4 is 17.4 Å². The van der Waals surface area contributed by atoms with Crippen LogP contribution in [0.1, 0.15) is 16.1 Å². The summed E-state index contributed by atoms with van der Waals surface area (Å²) in [7, 11) is 0. The molecular weight excluding hydrogens is 290 g/mol. The molecule has 0 atom stereocenters. The van der Waals surface area contributed by atoms with Gasteiger partial charge in [0.05, 0.1) is 12.4 Å². The molecule has 114 valence electrons. The van der Waals surface area contributed by atoms with Gasteiger partial charge in [-0.3, -0.25) is 9.78 Å². The summed E-state index contributed by atoms with van der Waals surface area (Å²) in [6.07, 6.45) is 6.47. The first-order valence-electron chi connectivity index (χ1n) is 7.12. The molecule has 0 aliphatic heterocycles. The molecule has 0 aliphatic rings. The minimum absolute atomic E-state index is 0.267. The summed E-state index contributed by atoms with van der Waals surface area (Å²) >= 11 is 0. The van der Waals surface area contributed by atoms with E-state index in [1.165, 1.54) is 6.20 Å². The largest absolute Gasteiger partial charge is 0.365 e. The van der Waals surface area contributed by atoms with E-state index in [1.54, 1.807) is 18.6 Å². The molecule has 2 N–H and O–H groups in total. The number of benzene rings is 1. The van der Waals surface area contributed by atoms with Crippen molar-refractivity contribution in [1.82, 2.24) is 15.0 Å². The summed E-state index contributed by atoms with van der Waals surface area (Å²) in [5, 5.41) is 5.91. The number of hydrogen-bond acceptors (Lipinski definition) is 5. The zero-order chi connectivity index (χ0) is 15.9. The molecule has 0 aliphatic carbocycles. The molecular formula is C17H15N5O. The number of aromatic nitrogens is 3. The van der Waals surface area contributed by atoms with Gasteiger partial charge >= 0.3 is 0 Å². The summed E-state index contributed by atoms with van der Waals surface area (Å²) in [4.78, 5) is 24.4. The molecule has 1 amide bonds. The number of amides is 1. The zero-order valence-corrected chi connectivity index (χ0v) is 12.3. The lowest BCUT2D eigenvalue weighted by atomic mass is 10.3. The number of nitrogens with one attached hydrogen (secondary N) is 2. The number of hydrogen-bond donors (Lipinski definition) is 2. The Bertz CT molecular complexity index is 760. The highest BCUT2D eigenvalue weighted by atomic mass is 16.1. The third-order valence-electron chi connectivity index (χ3n) is 3.14. The zero-order valence-electron chi connectivity index (χ0n) is 12.3. The molecule has 3 rings (SSSR count). The van der Waals surface area contributed by atoms with Gasteiger partial charge < -0.3 is 10.6 Å². The van der Waals surface area contributed by atoms with Gasteiger partial charge in [0.15, 0.2) is 0 Å². The topological polar surface area (TPSA) is 79.8 Å². The van der Waals surface area contributed by atoms with Gasteiger partial charge in [-0.25, -0.2) is 9.97 Å². The van der Waals surface area contributed by atoms with E-state index in [9.17, 15) is 4.79 Å². The van der Waals surface area contributed by atoms with Crippen LogP contribution in [0.5, 0.6) is 0 Å². The molecule has 0 fully saturated rings. The fourth-order valence-corrected chi connectivity index (χ4v) is 1.95. The van der Waals surface area contributed by atoms with Crippen LogP contribution in [-0.4, -0.2) is 20.9 Å². The Hall–Kier alpha value is -3.28. The molecule has 0 unspecified atom stereocenters. The van der Waals surface area contributed by atoms with Crippen LogP contribution in [0.2, 0.25) is 0 Å². The number of rotatable bonds is 5. The quantitative estimate of drug-likeness (QED) is 0.757. The van der Waals surface area contributed by atoms with Crippen molar-refractivity contribution in [1.29, 1.82) is 0 Å². The number of carbonyl (C=O) groups is 1. The Morgan fingerprint density at radius 1 is 0.957 bits per heavy atom. The number of para-hydroxylation sites is 1. The van der Waals surface area contributed by atoms with Crippen molar-refractivity contribution in [3.05, 3.63) is 78.5 Å². The average Bonchev–Trinajstić information content (AvgIpc) is 2.62. The van der Waals surface area contributed by atoms with Gasteiger partial charge in [0.25, 0.3) is 5.91 Å². The molecule has 0 radical (unpaired) electrons.